The van der Waals surface area contributed by atoms with Gasteiger partial charge in [-0.1, -0.05) is 102 Å². The fourth-order valence-corrected chi connectivity index (χ4v) is 4.42. The third-order valence-corrected chi connectivity index (χ3v) is 7.11. The molecule has 0 heterocycles. The summed E-state index contributed by atoms with van der Waals surface area (Å²) in [6.07, 6.45) is 30.2. The molecule has 0 unspecified atom stereocenters. The van der Waals surface area contributed by atoms with E-state index in [-0.39, 0.29) is 17.9 Å². The summed E-state index contributed by atoms with van der Waals surface area (Å²) in [7, 11) is 0. The van der Waals surface area contributed by atoms with Gasteiger partial charge in [0, 0.05) is 11.8 Å². The molecule has 0 fully saturated rings. The highest BCUT2D eigenvalue weighted by atomic mass is 16.5. The lowest BCUT2D eigenvalue weighted by molar-refractivity contribution is -0.150. The molecule has 1 atom stereocenters. The van der Waals surface area contributed by atoms with Gasteiger partial charge in [-0.3, -0.25) is 9.59 Å². The lowest BCUT2D eigenvalue weighted by Crippen LogP contribution is -2.31. The van der Waals surface area contributed by atoms with Gasteiger partial charge in [0.1, 0.15) is 6.10 Å². The van der Waals surface area contributed by atoms with Gasteiger partial charge in [-0.2, -0.15) is 0 Å². The maximum Gasteiger partial charge on any atom is 0.306 e. The molecule has 204 valence electrons. The van der Waals surface area contributed by atoms with Gasteiger partial charge >= 0.3 is 5.97 Å². The minimum absolute atomic E-state index is 0.0287. The zero-order valence-corrected chi connectivity index (χ0v) is 24.1. The predicted molar refractivity (Wildman–Crippen MR) is 154 cm³/mol. The Bertz CT molecular complexity index is 751. The molecular weight excluding hydrogens is 444 g/mol. The normalized spacial score (nSPS) is 22.4. The standard InChI is InChI=1S/C33H54O3/c1-6-7-8-9-10-11-12-13-14-15-16-17-18-19-20-24-32(35)36-31-27-28(2)22-21-23-29(3)30(34)25-26-33(31,4)5/h13-14,23,25-27,31H,6-12,15-22,24H2,1-5H3/b14-13-,26-25-,28-27-,29-23-/t31-/m1/s1. The number of hydrogen-bond donors (Lipinski definition) is 0. The average Bonchev–Trinajstić information content (AvgIpc) is 2.85. The van der Waals surface area contributed by atoms with E-state index in [2.05, 4.69) is 32.1 Å². The number of unbranched alkanes of at least 4 members (excludes halogenated alkanes) is 11. The Labute approximate surface area is 222 Å². The van der Waals surface area contributed by atoms with E-state index in [4.69, 9.17) is 4.74 Å². The van der Waals surface area contributed by atoms with Crippen LogP contribution in [0.5, 0.6) is 0 Å². The Balaban J connectivity index is 2.27. The first-order chi connectivity index (χ1) is 17.3. The van der Waals surface area contributed by atoms with Crippen LogP contribution in [-0.2, 0) is 14.3 Å². The van der Waals surface area contributed by atoms with E-state index >= 15 is 0 Å². The Morgan fingerprint density at radius 2 is 1.53 bits per heavy atom. The topological polar surface area (TPSA) is 43.4 Å². The van der Waals surface area contributed by atoms with Gasteiger partial charge in [-0.05, 0) is 76.5 Å². The first kappa shape index (κ1) is 32.1. The van der Waals surface area contributed by atoms with Gasteiger partial charge in [-0.25, -0.2) is 0 Å². The Hall–Kier alpha value is -1.90. The summed E-state index contributed by atoms with van der Waals surface area (Å²) in [5.74, 6) is -0.111. The number of carbonyl (C=O) groups is 2. The highest BCUT2D eigenvalue weighted by molar-refractivity contribution is 6.03. The molecule has 0 N–H and O–H groups in total. The highest BCUT2D eigenvalue weighted by Crippen LogP contribution is 2.29. The van der Waals surface area contributed by atoms with Crippen molar-refractivity contribution in [1.29, 1.82) is 0 Å². The number of rotatable bonds is 16. The van der Waals surface area contributed by atoms with Crippen LogP contribution in [0.3, 0.4) is 0 Å². The average molecular weight is 499 g/mol. The zero-order valence-electron chi connectivity index (χ0n) is 24.1. The molecule has 3 nitrogen and oxygen atoms in total. The molecule has 1 aliphatic rings. The van der Waals surface area contributed by atoms with Crippen molar-refractivity contribution in [3.63, 3.8) is 0 Å². The second kappa shape index (κ2) is 19.2. The summed E-state index contributed by atoms with van der Waals surface area (Å²) in [6.45, 7) is 10.3. The van der Waals surface area contributed by atoms with E-state index in [1.807, 2.05) is 32.9 Å². The van der Waals surface area contributed by atoms with Crippen molar-refractivity contribution in [3.05, 3.63) is 47.6 Å². The fourth-order valence-electron chi connectivity index (χ4n) is 4.42. The predicted octanol–water partition coefficient (Wildman–Crippen LogP) is 9.77. The molecule has 0 bridgehead atoms. The fraction of sp³-hybridized carbons (Fsp3) is 0.697. The van der Waals surface area contributed by atoms with Crippen molar-refractivity contribution in [2.75, 3.05) is 0 Å². The molecule has 0 aromatic rings. The van der Waals surface area contributed by atoms with E-state index in [1.165, 1.54) is 76.2 Å². The third-order valence-electron chi connectivity index (χ3n) is 7.11. The molecule has 0 aromatic carbocycles. The maximum atomic E-state index is 12.6. The minimum atomic E-state index is -0.445. The molecule has 0 radical (unpaired) electrons. The number of carbonyl (C=O) groups excluding carboxylic acids is 2. The summed E-state index contributed by atoms with van der Waals surface area (Å²) >= 11 is 0. The highest BCUT2D eigenvalue weighted by Gasteiger charge is 2.29. The SMILES string of the molecule is CCCCCCCC/C=C\CCCCCCCC(=O)O[C@@H]1/C=C(/C)CC/C=C(/C)C(=O)/C=C\C1(C)C. The van der Waals surface area contributed by atoms with E-state index in [0.717, 1.165) is 31.3 Å². The van der Waals surface area contributed by atoms with Crippen LogP contribution in [0.15, 0.2) is 47.6 Å². The molecule has 36 heavy (non-hydrogen) atoms. The number of hydrogen-bond acceptors (Lipinski definition) is 3. The molecule has 3 heteroatoms. The summed E-state index contributed by atoms with van der Waals surface area (Å²) in [4.78, 5) is 24.9. The van der Waals surface area contributed by atoms with Crippen LogP contribution in [0.4, 0.5) is 0 Å². The number of esters is 1. The van der Waals surface area contributed by atoms with E-state index in [1.54, 1.807) is 6.08 Å². The molecule has 0 amide bonds. The van der Waals surface area contributed by atoms with Gasteiger partial charge in [0.15, 0.2) is 5.78 Å². The van der Waals surface area contributed by atoms with Crippen molar-refractivity contribution in [2.45, 2.75) is 143 Å². The van der Waals surface area contributed by atoms with Crippen LogP contribution in [-0.4, -0.2) is 17.9 Å². The second-order valence-corrected chi connectivity index (χ2v) is 11.2. The molecule has 0 aromatic heterocycles. The maximum absolute atomic E-state index is 12.6. The van der Waals surface area contributed by atoms with Crippen LogP contribution in [0.2, 0.25) is 0 Å². The lowest BCUT2D eigenvalue weighted by Gasteiger charge is -2.29. The molecular formula is C33H54O3. The van der Waals surface area contributed by atoms with Crippen LogP contribution in [0.1, 0.15) is 137 Å². The van der Waals surface area contributed by atoms with Crippen molar-refractivity contribution < 1.29 is 14.3 Å². The summed E-state index contributed by atoms with van der Waals surface area (Å²) in [6, 6.07) is 0. The van der Waals surface area contributed by atoms with Crippen LogP contribution >= 0.6 is 0 Å². The van der Waals surface area contributed by atoms with Crippen molar-refractivity contribution >= 4 is 11.8 Å². The quantitative estimate of drug-likeness (QED) is 0.121. The van der Waals surface area contributed by atoms with Crippen LogP contribution in [0.25, 0.3) is 0 Å². The van der Waals surface area contributed by atoms with Crippen molar-refractivity contribution in [2.24, 2.45) is 5.41 Å². The lowest BCUT2D eigenvalue weighted by atomic mass is 9.84. The summed E-state index contributed by atoms with van der Waals surface area (Å²) < 4.78 is 5.93. The molecule has 0 saturated carbocycles. The van der Waals surface area contributed by atoms with Crippen LogP contribution < -0.4 is 0 Å². The Kier molecular flexibility index (Phi) is 17.2. The number of ketones is 1. The third kappa shape index (κ3) is 15.3. The molecule has 1 rings (SSSR count). The number of ether oxygens (including phenoxy) is 1. The van der Waals surface area contributed by atoms with Crippen molar-refractivity contribution in [1.82, 2.24) is 0 Å². The van der Waals surface area contributed by atoms with Gasteiger partial charge in [0.25, 0.3) is 0 Å². The zero-order chi connectivity index (χ0) is 26.7. The van der Waals surface area contributed by atoms with E-state index in [0.29, 0.717) is 6.42 Å². The van der Waals surface area contributed by atoms with Crippen molar-refractivity contribution in [3.8, 4) is 0 Å². The second-order valence-electron chi connectivity index (χ2n) is 11.2. The van der Waals surface area contributed by atoms with Crippen LogP contribution in [0, 0.1) is 5.41 Å². The summed E-state index contributed by atoms with van der Waals surface area (Å²) in [5.41, 5.74) is 1.52. The van der Waals surface area contributed by atoms with Gasteiger partial charge in [-0.15, -0.1) is 0 Å². The van der Waals surface area contributed by atoms with Gasteiger partial charge in [0.2, 0.25) is 0 Å². The summed E-state index contributed by atoms with van der Waals surface area (Å²) in [5, 5.41) is 0. The van der Waals surface area contributed by atoms with Gasteiger partial charge < -0.3 is 4.74 Å². The first-order valence-corrected chi connectivity index (χ1v) is 14.7. The molecule has 0 aliphatic heterocycles. The smallest absolute Gasteiger partial charge is 0.306 e. The molecule has 0 spiro atoms. The number of allylic oxidation sites excluding steroid dienone is 6. The minimum Gasteiger partial charge on any atom is -0.457 e. The Morgan fingerprint density at radius 1 is 0.944 bits per heavy atom. The van der Waals surface area contributed by atoms with E-state index in [9.17, 15) is 9.59 Å². The largest absolute Gasteiger partial charge is 0.457 e. The first-order valence-electron chi connectivity index (χ1n) is 14.7. The van der Waals surface area contributed by atoms with E-state index < -0.39 is 5.41 Å². The molecule has 0 saturated heterocycles. The Morgan fingerprint density at radius 3 is 2.17 bits per heavy atom. The molecule has 1 aliphatic carbocycles. The van der Waals surface area contributed by atoms with Gasteiger partial charge in [0.05, 0.1) is 0 Å². The monoisotopic (exact) mass is 498 g/mol.